The number of hydrogen-bond donors (Lipinski definition) is 12. The normalized spacial score (nSPS) is 13.9. The largest absolute Gasteiger partial charge is 0.508 e. The average molecular weight is 968 g/mol. The first kappa shape index (κ1) is 52.6. The van der Waals surface area contributed by atoms with E-state index >= 15 is 0 Å². The Labute approximate surface area is 405 Å². The Bertz CT molecular complexity index is 2590. The highest BCUT2D eigenvalue weighted by molar-refractivity contribution is 7.80. The van der Waals surface area contributed by atoms with Crippen molar-refractivity contribution in [2.24, 2.45) is 17.4 Å². The number of benzene rings is 4. The first-order valence-electron chi connectivity index (χ1n) is 22.4. The summed E-state index contributed by atoms with van der Waals surface area (Å²) < 4.78 is 0. The number of amides is 6. The maximum Gasteiger partial charge on any atom is 0.243 e. The van der Waals surface area contributed by atoms with Crippen molar-refractivity contribution >= 4 is 93.8 Å². The van der Waals surface area contributed by atoms with E-state index in [1.54, 1.807) is 56.4 Å². The predicted molar refractivity (Wildman–Crippen MR) is 269 cm³/mol. The number of aromatic hydroxyl groups is 1. The van der Waals surface area contributed by atoms with Crippen molar-refractivity contribution in [3.63, 3.8) is 0 Å². The molecule has 5 rings (SSSR count). The molecule has 0 aliphatic rings. The molecule has 1 aromatic heterocycles. The van der Waals surface area contributed by atoms with Gasteiger partial charge in [0, 0.05) is 48.4 Å². The molecule has 68 heavy (non-hydrogen) atoms. The number of carbonyl (C=O) groups excluding carboxylic acids is 7. The van der Waals surface area contributed by atoms with Gasteiger partial charge in [-0.2, -0.15) is 25.3 Å². The molecule has 6 atom stereocenters. The van der Waals surface area contributed by atoms with Crippen LogP contribution in [0.5, 0.6) is 5.75 Å². The number of rotatable bonds is 24. The number of para-hydroxylation sites is 1. The fourth-order valence-corrected chi connectivity index (χ4v) is 8.15. The summed E-state index contributed by atoms with van der Waals surface area (Å²) in [5, 5.41) is 28.5. The van der Waals surface area contributed by atoms with E-state index in [-0.39, 0.29) is 47.8 Å². The smallest absolute Gasteiger partial charge is 0.243 e. The van der Waals surface area contributed by atoms with Gasteiger partial charge in [0.05, 0.1) is 17.3 Å². The first-order chi connectivity index (χ1) is 32.5. The minimum Gasteiger partial charge on any atom is -0.508 e. The molecule has 0 radical (unpaired) electrons. The van der Waals surface area contributed by atoms with Crippen LogP contribution in [0.4, 0.5) is 5.69 Å². The molecule has 0 saturated heterocycles. The number of anilines is 1. The lowest BCUT2D eigenvalue weighted by Crippen LogP contribution is -2.60. The Morgan fingerprint density at radius 2 is 1.26 bits per heavy atom. The molecule has 4 aromatic carbocycles. The second-order valence-electron chi connectivity index (χ2n) is 16.9. The third-order valence-corrected chi connectivity index (χ3v) is 12.2. The number of aromatic nitrogens is 1. The Morgan fingerprint density at radius 1 is 0.662 bits per heavy atom. The van der Waals surface area contributed by atoms with Crippen molar-refractivity contribution in [1.82, 2.24) is 31.6 Å². The lowest BCUT2D eigenvalue weighted by molar-refractivity contribution is -0.135. The van der Waals surface area contributed by atoms with Gasteiger partial charge in [-0.25, -0.2) is 0 Å². The number of carbonyl (C=O) groups is 7. The van der Waals surface area contributed by atoms with Gasteiger partial charge in [-0.05, 0) is 77.9 Å². The molecule has 0 saturated carbocycles. The number of H-pyrrole nitrogens is 1. The van der Waals surface area contributed by atoms with Gasteiger partial charge in [-0.1, -0.05) is 74.5 Å². The molecule has 362 valence electrons. The minimum atomic E-state index is -1.30. The summed E-state index contributed by atoms with van der Waals surface area (Å²) in [6.07, 6.45) is 2.69. The summed E-state index contributed by atoms with van der Waals surface area (Å²) >= 11 is 8.54. The Balaban J connectivity index is 1.41. The van der Waals surface area contributed by atoms with E-state index in [1.165, 1.54) is 19.1 Å². The molecule has 0 aliphatic carbocycles. The fraction of sp³-hybridized carbons (Fsp3) is 0.367. The van der Waals surface area contributed by atoms with Crippen LogP contribution in [0.1, 0.15) is 61.5 Å². The Hall–Kier alpha value is -6.41. The number of thiol groups is 2. The number of nitrogens with two attached hydrogens (primary N) is 2. The van der Waals surface area contributed by atoms with Crippen molar-refractivity contribution in [3.8, 4) is 5.75 Å². The summed E-state index contributed by atoms with van der Waals surface area (Å²) in [6.45, 7) is 5.06. The maximum atomic E-state index is 14.6. The summed E-state index contributed by atoms with van der Waals surface area (Å²) in [6, 6.07) is 16.9. The zero-order chi connectivity index (χ0) is 49.5. The topological polar surface area (TPSA) is 280 Å². The third-order valence-electron chi connectivity index (χ3n) is 11.4. The Kier molecular flexibility index (Phi) is 19.4. The highest BCUT2D eigenvalue weighted by atomic mass is 32.1. The highest BCUT2D eigenvalue weighted by Gasteiger charge is 2.35. The molecule has 6 amide bonds. The summed E-state index contributed by atoms with van der Waals surface area (Å²) in [4.78, 5) is 100.0. The lowest BCUT2D eigenvalue weighted by atomic mass is 9.95. The van der Waals surface area contributed by atoms with Crippen molar-refractivity contribution in [2.45, 2.75) is 89.1 Å². The van der Waals surface area contributed by atoms with Crippen LogP contribution in [0, 0.1) is 5.92 Å². The third kappa shape index (κ3) is 14.1. The first-order valence-corrected chi connectivity index (χ1v) is 23.7. The van der Waals surface area contributed by atoms with Crippen LogP contribution < -0.4 is 43.4 Å². The number of phenolic OH excluding ortho intramolecular Hbond substituents is 1. The van der Waals surface area contributed by atoms with Gasteiger partial charge in [0.15, 0.2) is 5.78 Å². The zero-order valence-corrected chi connectivity index (χ0v) is 40.0. The van der Waals surface area contributed by atoms with Crippen molar-refractivity contribution in [1.29, 1.82) is 0 Å². The van der Waals surface area contributed by atoms with E-state index in [2.05, 4.69) is 62.1 Å². The van der Waals surface area contributed by atoms with Crippen molar-refractivity contribution < 1.29 is 38.7 Å². The van der Waals surface area contributed by atoms with Crippen LogP contribution in [0.25, 0.3) is 21.7 Å². The van der Waals surface area contributed by atoms with Gasteiger partial charge in [-0.3, -0.25) is 33.6 Å². The monoisotopic (exact) mass is 967 g/mol. The molecule has 1 heterocycles. The molecule has 5 unspecified atom stereocenters. The molecule has 0 spiro atoms. The van der Waals surface area contributed by atoms with Crippen molar-refractivity contribution in [3.05, 3.63) is 108 Å². The van der Waals surface area contributed by atoms with Crippen LogP contribution in [-0.2, 0) is 41.6 Å². The van der Waals surface area contributed by atoms with Crippen molar-refractivity contribution in [2.75, 3.05) is 23.4 Å². The van der Waals surface area contributed by atoms with Gasteiger partial charge in [0.25, 0.3) is 0 Å². The van der Waals surface area contributed by atoms with Crippen LogP contribution in [0.15, 0.2) is 91.1 Å². The number of phenols is 1. The minimum absolute atomic E-state index is 0.00229. The quantitative estimate of drug-likeness (QED) is 0.0244. The lowest BCUT2D eigenvalue weighted by Gasteiger charge is -2.28. The molecule has 0 fully saturated rings. The summed E-state index contributed by atoms with van der Waals surface area (Å²) in [5.74, 6) is -5.00. The molecule has 19 heteroatoms. The molecular formula is C49H61N9O8S2. The fourth-order valence-electron chi connectivity index (χ4n) is 7.72. The van der Waals surface area contributed by atoms with Gasteiger partial charge in [-0.15, -0.1) is 0 Å². The molecule has 0 bridgehead atoms. The molecule has 17 nitrogen and oxygen atoms in total. The number of unbranched alkanes of at least 4 members (excludes halogenated alkanes) is 1. The average Bonchev–Trinajstić information content (AvgIpc) is 3.73. The molecule has 12 N–H and O–H groups in total. The number of nitrogens with one attached hydrogen (secondary N) is 7. The molecule has 5 aromatic rings. The van der Waals surface area contributed by atoms with E-state index < -0.39 is 83.4 Å². The van der Waals surface area contributed by atoms with Gasteiger partial charge in [0.1, 0.15) is 36.0 Å². The zero-order valence-electron chi connectivity index (χ0n) is 38.2. The van der Waals surface area contributed by atoms with Gasteiger partial charge >= 0.3 is 0 Å². The maximum absolute atomic E-state index is 14.6. The van der Waals surface area contributed by atoms with Gasteiger partial charge < -0.3 is 53.5 Å². The van der Waals surface area contributed by atoms with E-state index in [0.717, 1.165) is 16.3 Å². The number of Topliss-reactive ketones (excluding diaryl/α,β-unsaturated/α-hetero) is 1. The molecular weight excluding hydrogens is 907 g/mol. The standard InChI is InChI=1S/C49H61N9O8S2/c1-27(2)43(49(66)57-41(26-68)44(61)42-34-12-5-4-10-30(34)17-20-37(42)53-28(3)59)58-46(63)38(14-8-9-21-50)54-48(65)40(23-31-24-52-36-13-7-6-11-33(31)36)56-47(64)39(55-45(62)35(51)25-67)22-29-15-18-32(60)19-16-29/h4-7,10-13,15-20,24,27,35,38-41,43,52,60,67-68H,8-9,14,21-23,25-26,50-51H2,1-3H3,(H,53,59)(H,54,65)(H,55,62)(H,56,64)(H,57,66)(H,58,63)/t35?,38?,39?,40-,41?,43?/m1/s1. The Morgan fingerprint density at radius 3 is 1.91 bits per heavy atom. The highest BCUT2D eigenvalue weighted by Crippen LogP contribution is 2.28. The number of ketones is 1. The van der Waals surface area contributed by atoms with Gasteiger partial charge in [0.2, 0.25) is 35.4 Å². The number of hydrogen-bond acceptors (Lipinski definition) is 12. The number of fused-ring (bicyclic) bond motifs is 2. The molecule has 0 aliphatic heterocycles. The summed E-state index contributed by atoms with van der Waals surface area (Å²) in [7, 11) is 0. The van der Waals surface area contributed by atoms with Crippen LogP contribution in [-0.4, -0.2) is 106 Å². The van der Waals surface area contributed by atoms with E-state index in [4.69, 9.17) is 11.5 Å². The van der Waals surface area contributed by atoms with Crippen LogP contribution in [0.3, 0.4) is 0 Å². The summed E-state index contributed by atoms with van der Waals surface area (Å²) in [5.41, 5.74) is 14.3. The van der Waals surface area contributed by atoms with Crippen LogP contribution in [0.2, 0.25) is 0 Å². The second-order valence-corrected chi connectivity index (χ2v) is 17.7. The van der Waals surface area contributed by atoms with E-state index in [9.17, 15) is 38.7 Å². The van der Waals surface area contributed by atoms with E-state index in [1.807, 2.05) is 36.4 Å². The van der Waals surface area contributed by atoms with Crippen LogP contribution >= 0.6 is 25.3 Å². The predicted octanol–water partition coefficient (Wildman–Crippen LogP) is 3.05. The van der Waals surface area contributed by atoms with E-state index in [0.29, 0.717) is 35.9 Å². The SMILES string of the molecule is CC(=O)Nc1ccc2ccccc2c1C(=O)C(CS)NC(=O)C(NC(=O)C(CCCCN)NC(=O)[C@@H](Cc1c[nH]c2ccccc12)NC(=O)C(Cc1ccc(O)cc1)NC(=O)C(N)CS)C(C)C. The number of aromatic amines is 1. The second kappa shape index (κ2) is 25.1.